The van der Waals surface area contributed by atoms with Crippen LogP contribution in [0.4, 0.5) is 8.78 Å². The van der Waals surface area contributed by atoms with Crippen molar-refractivity contribution >= 4 is 16.9 Å². The molecule has 0 fully saturated rings. The summed E-state index contributed by atoms with van der Waals surface area (Å²) in [5, 5.41) is 3.63. The largest absolute Gasteiger partial charge is 0.459 e. The van der Waals surface area contributed by atoms with E-state index in [0.29, 0.717) is 5.76 Å². The lowest BCUT2D eigenvalue weighted by atomic mass is 10.1. The molecule has 2 aromatic carbocycles. The van der Waals surface area contributed by atoms with Gasteiger partial charge in [0.1, 0.15) is 11.3 Å². The first-order valence-electron chi connectivity index (χ1n) is 6.79. The fraction of sp³-hybridized carbons (Fsp3) is 0.118. The number of amides is 1. The number of fused-ring (bicyclic) bond motifs is 1. The van der Waals surface area contributed by atoms with Gasteiger partial charge in [-0.1, -0.05) is 18.2 Å². The van der Waals surface area contributed by atoms with Gasteiger partial charge < -0.3 is 9.73 Å². The molecular weight excluding hydrogens is 288 g/mol. The Hall–Kier alpha value is -2.69. The molecule has 1 N–H and O–H groups in total. The number of halogens is 2. The SMILES string of the molecule is C[C@@H](NC(=O)c1ccc(F)c(F)c1)c1cc2ccccc2o1. The van der Waals surface area contributed by atoms with Gasteiger partial charge in [0, 0.05) is 10.9 Å². The van der Waals surface area contributed by atoms with Gasteiger partial charge in [-0.05, 0) is 37.3 Å². The van der Waals surface area contributed by atoms with Crippen molar-refractivity contribution in [2.75, 3.05) is 0 Å². The summed E-state index contributed by atoms with van der Waals surface area (Å²) in [7, 11) is 0. The van der Waals surface area contributed by atoms with Crippen LogP contribution in [0.5, 0.6) is 0 Å². The third-order valence-electron chi connectivity index (χ3n) is 3.40. The maximum Gasteiger partial charge on any atom is 0.251 e. The first-order valence-corrected chi connectivity index (χ1v) is 6.79. The third kappa shape index (κ3) is 2.70. The second kappa shape index (κ2) is 5.60. The van der Waals surface area contributed by atoms with E-state index in [-0.39, 0.29) is 5.56 Å². The van der Waals surface area contributed by atoms with Crippen molar-refractivity contribution < 1.29 is 18.0 Å². The molecule has 1 aromatic heterocycles. The van der Waals surface area contributed by atoms with E-state index in [1.165, 1.54) is 6.07 Å². The monoisotopic (exact) mass is 301 g/mol. The van der Waals surface area contributed by atoms with E-state index in [4.69, 9.17) is 4.42 Å². The Morgan fingerprint density at radius 1 is 1.09 bits per heavy atom. The van der Waals surface area contributed by atoms with Crippen molar-refractivity contribution in [3.05, 3.63) is 71.5 Å². The number of nitrogens with one attached hydrogen (secondary N) is 1. The van der Waals surface area contributed by atoms with Gasteiger partial charge in [-0.25, -0.2) is 8.78 Å². The normalized spacial score (nSPS) is 12.3. The average molecular weight is 301 g/mol. The molecular formula is C17H13F2NO2. The molecule has 112 valence electrons. The Morgan fingerprint density at radius 2 is 1.86 bits per heavy atom. The molecule has 1 heterocycles. The lowest BCUT2D eigenvalue weighted by molar-refractivity contribution is 0.0935. The van der Waals surface area contributed by atoms with Crippen molar-refractivity contribution in [2.24, 2.45) is 0 Å². The Morgan fingerprint density at radius 3 is 2.59 bits per heavy atom. The number of hydrogen-bond donors (Lipinski definition) is 1. The molecule has 0 aliphatic carbocycles. The van der Waals surface area contributed by atoms with E-state index in [9.17, 15) is 13.6 Å². The van der Waals surface area contributed by atoms with Gasteiger partial charge in [0.25, 0.3) is 5.91 Å². The fourth-order valence-electron chi connectivity index (χ4n) is 2.20. The van der Waals surface area contributed by atoms with E-state index < -0.39 is 23.6 Å². The molecule has 0 aliphatic heterocycles. The highest BCUT2D eigenvalue weighted by atomic mass is 19.2. The summed E-state index contributed by atoms with van der Waals surface area (Å²) in [6.45, 7) is 1.76. The van der Waals surface area contributed by atoms with Crippen molar-refractivity contribution in [1.29, 1.82) is 0 Å². The third-order valence-corrected chi connectivity index (χ3v) is 3.40. The lowest BCUT2D eigenvalue weighted by Gasteiger charge is -2.11. The summed E-state index contributed by atoms with van der Waals surface area (Å²) >= 11 is 0. The summed E-state index contributed by atoms with van der Waals surface area (Å²) in [4.78, 5) is 12.1. The van der Waals surface area contributed by atoms with E-state index in [1.54, 1.807) is 6.92 Å². The highest BCUT2D eigenvalue weighted by Gasteiger charge is 2.16. The average Bonchev–Trinajstić information content (AvgIpc) is 2.94. The second-order valence-electron chi connectivity index (χ2n) is 5.01. The summed E-state index contributed by atoms with van der Waals surface area (Å²) in [6, 6.07) is 12.0. The Kier molecular flexibility index (Phi) is 3.63. The lowest BCUT2D eigenvalue weighted by Crippen LogP contribution is -2.26. The minimum atomic E-state index is -1.05. The molecule has 0 spiro atoms. The smallest absolute Gasteiger partial charge is 0.251 e. The van der Waals surface area contributed by atoms with Crippen molar-refractivity contribution in [1.82, 2.24) is 5.32 Å². The van der Waals surface area contributed by atoms with Crippen LogP contribution in [0.1, 0.15) is 29.1 Å². The van der Waals surface area contributed by atoms with Crippen LogP contribution in [0.2, 0.25) is 0 Å². The molecule has 0 unspecified atom stereocenters. The molecule has 1 amide bonds. The van der Waals surface area contributed by atoms with Gasteiger partial charge in [-0.15, -0.1) is 0 Å². The topological polar surface area (TPSA) is 42.2 Å². The molecule has 1 atom stereocenters. The molecule has 0 saturated heterocycles. The zero-order valence-corrected chi connectivity index (χ0v) is 11.8. The number of hydrogen-bond acceptors (Lipinski definition) is 2. The Labute approximate surface area is 125 Å². The minimum absolute atomic E-state index is 0.0573. The van der Waals surface area contributed by atoms with E-state index in [1.807, 2.05) is 30.3 Å². The van der Waals surface area contributed by atoms with Gasteiger partial charge >= 0.3 is 0 Å². The summed E-state index contributed by atoms with van der Waals surface area (Å²) in [5.41, 5.74) is 0.785. The van der Waals surface area contributed by atoms with Crippen molar-refractivity contribution in [2.45, 2.75) is 13.0 Å². The van der Waals surface area contributed by atoms with E-state index >= 15 is 0 Å². The Bertz CT molecular complexity index is 809. The number of furan rings is 1. The van der Waals surface area contributed by atoms with E-state index in [0.717, 1.165) is 23.1 Å². The quantitative estimate of drug-likeness (QED) is 0.787. The van der Waals surface area contributed by atoms with Crippen LogP contribution in [0.3, 0.4) is 0 Å². The number of carbonyl (C=O) groups excluding carboxylic acids is 1. The highest BCUT2D eigenvalue weighted by molar-refractivity contribution is 5.94. The predicted molar refractivity (Wildman–Crippen MR) is 78.5 cm³/mol. The van der Waals surface area contributed by atoms with Crippen LogP contribution in [0.25, 0.3) is 11.0 Å². The molecule has 0 saturated carbocycles. The molecule has 0 aliphatic rings. The fourth-order valence-corrected chi connectivity index (χ4v) is 2.20. The van der Waals surface area contributed by atoms with Crippen LogP contribution in [-0.2, 0) is 0 Å². The van der Waals surface area contributed by atoms with Gasteiger partial charge in [-0.3, -0.25) is 4.79 Å². The standard InChI is InChI=1S/C17H13F2NO2/c1-10(16-9-11-4-2-3-5-15(11)22-16)20-17(21)12-6-7-13(18)14(19)8-12/h2-10H,1H3,(H,20,21)/t10-/m1/s1. The van der Waals surface area contributed by atoms with Crippen molar-refractivity contribution in [3.8, 4) is 0 Å². The number of rotatable bonds is 3. The second-order valence-corrected chi connectivity index (χ2v) is 5.01. The highest BCUT2D eigenvalue weighted by Crippen LogP contribution is 2.23. The molecule has 0 bridgehead atoms. The van der Waals surface area contributed by atoms with Crippen molar-refractivity contribution in [3.63, 3.8) is 0 Å². The summed E-state index contributed by atoms with van der Waals surface area (Å²) < 4.78 is 31.7. The zero-order chi connectivity index (χ0) is 15.7. The minimum Gasteiger partial charge on any atom is -0.459 e. The van der Waals surface area contributed by atoms with Gasteiger partial charge in [0.15, 0.2) is 11.6 Å². The molecule has 5 heteroatoms. The van der Waals surface area contributed by atoms with Crippen LogP contribution in [0, 0.1) is 11.6 Å². The van der Waals surface area contributed by atoms with E-state index in [2.05, 4.69) is 5.32 Å². The first kappa shape index (κ1) is 14.3. The van der Waals surface area contributed by atoms with Gasteiger partial charge in [0.05, 0.1) is 6.04 Å². The summed E-state index contributed by atoms with van der Waals surface area (Å²) in [5.74, 6) is -1.94. The predicted octanol–water partition coefficient (Wildman–Crippen LogP) is 4.20. The van der Waals surface area contributed by atoms with Gasteiger partial charge in [-0.2, -0.15) is 0 Å². The molecule has 22 heavy (non-hydrogen) atoms. The van der Waals surface area contributed by atoms with Crippen LogP contribution < -0.4 is 5.32 Å². The van der Waals surface area contributed by atoms with Crippen LogP contribution in [-0.4, -0.2) is 5.91 Å². The zero-order valence-electron chi connectivity index (χ0n) is 11.8. The summed E-state index contributed by atoms with van der Waals surface area (Å²) in [6.07, 6.45) is 0. The number of benzene rings is 2. The molecule has 3 rings (SSSR count). The van der Waals surface area contributed by atoms with Crippen LogP contribution >= 0.6 is 0 Å². The molecule has 3 aromatic rings. The Balaban J connectivity index is 1.79. The van der Waals surface area contributed by atoms with Crippen LogP contribution in [0.15, 0.2) is 52.9 Å². The number of carbonyl (C=O) groups is 1. The van der Waals surface area contributed by atoms with Gasteiger partial charge in [0.2, 0.25) is 0 Å². The maximum absolute atomic E-state index is 13.2. The molecule has 3 nitrogen and oxygen atoms in total. The first-order chi connectivity index (χ1) is 10.5. The number of para-hydroxylation sites is 1. The molecule has 0 radical (unpaired) electrons. The maximum atomic E-state index is 13.2.